The van der Waals surface area contributed by atoms with Crippen LogP contribution in [0.2, 0.25) is 0 Å². The second-order valence-electron chi connectivity index (χ2n) is 4.35. The van der Waals surface area contributed by atoms with Gasteiger partial charge in [-0.3, -0.25) is 0 Å². The molecule has 0 unspecified atom stereocenters. The summed E-state index contributed by atoms with van der Waals surface area (Å²) in [6.07, 6.45) is 0. The quantitative estimate of drug-likeness (QED) is 0.443. The molecule has 0 amide bonds. The van der Waals surface area contributed by atoms with Crippen molar-refractivity contribution in [3.05, 3.63) is 59.8 Å². The zero-order valence-electron chi connectivity index (χ0n) is 12.0. The summed E-state index contributed by atoms with van der Waals surface area (Å²) in [5.41, 5.74) is 9.19. The lowest BCUT2D eigenvalue weighted by Gasteiger charge is -2.09. The topological polar surface area (TPSA) is 106 Å². The van der Waals surface area contributed by atoms with Gasteiger partial charge in [-0.25, -0.2) is 5.84 Å². The zero-order valence-corrected chi connectivity index (χ0v) is 12.0. The Balaban J connectivity index is 2.15. The standard InChI is InChI=1S/C16H16N4O2/c1-21-12-6-8-14(9-7-12)22-13-4-2-11(3-5-13)16(18)15(10-17)20-19/h2-9,20H,18-19H2,1H3/b16-15-. The molecule has 2 aromatic rings. The van der Waals surface area contributed by atoms with Gasteiger partial charge in [-0.1, -0.05) is 0 Å². The third kappa shape index (κ3) is 3.48. The number of nitrogens with one attached hydrogen (secondary N) is 1. The highest BCUT2D eigenvalue weighted by molar-refractivity contribution is 5.68. The third-order valence-corrected chi connectivity index (χ3v) is 2.99. The number of nitrogens with two attached hydrogens (primary N) is 2. The normalized spacial score (nSPS) is 11.1. The number of hydrazine groups is 1. The minimum absolute atomic E-state index is 0.115. The summed E-state index contributed by atoms with van der Waals surface area (Å²) in [4.78, 5) is 0. The van der Waals surface area contributed by atoms with E-state index in [1.807, 2.05) is 30.3 Å². The van der Waals surface area contributed by atoms with Crippen LogP contribution in [0.15, 0.2) is 54.2 Å². The number of ether oxygens (including phenoxy) is 2. The van der Waals surface area contributed by atoms with E-state index in [4.69, 9.17) is 26.3 Å². The maximum Gasteiger partial charge on any atom is 0.151 e. The molecule has 0 saturated heterocycles. The van der Waals surface area contributed by atoms with Crippen LogP contribution >= 0.6 is 0 Å². The van der Waals surface area contributed by atoms with Gasteiger partial charge in [-0.05, 0) is 48.5 Å². The zero-order chi connectivity index (χ0) is 15.9. The van der Waals surface area contributed by atoms with Crippen LogP contribution in [0.3, 0.4) is 0 Å². The minimum Gasteiger partial charge on any atom is -0.497 e. The molecule has 6 nitrogen and oxygen atoms in total. The predicted molar refractivity (Wildman–Crippen MR) is 83.6 cm³/mol. The van der Waals surface area contributed by atoms with Gasteiger partial charge in [0.1, 0.15) is 23.3 Å². The molecule has 6 heteroatoms. The molecule has 112 valence electrons. The van der Waals surface area contributed by atoms with Crippen LogP contribution in [0.5, 0.6) is 17.2 Å². The lowest BCUT2D eigenvalue weighted by atomic mass is 10.1. The van der Waals surface area contributed by atoms with Crippen molar-refractivity contribution in [2.24, 2.45) is 11.6 Å². The Bertz CT molecular complexity index is 700. The number of rotatable bonds is 5. The van der Waals surface area contributed by atoms with Crippen molar-refractivity contribution in [2.45, 2.75) is 0 Å². The van der Waals surface area contributed by atoms with Crippen molar-refractivity contribution in [3.8, 4) is 23.3 Å². The molecule has 2 rings (SSSR count). The smallest absolute Gasteiger partial charge is 0.151 e. The molecule has 5 N–H and O–H groups in total. The molecular weight excluding hydrogens is 280 g/mol. The van der Waals surface area contributed by atoms with E-state index < -0.39 is 0 Å². The summed E-state index contributed by atoms with van der Waals surface area (Å²) in [6, 6.07) is 16.2. The first-order valence-corrected chi connectivity index (χ1v) is 6.46. The summed E-state index contributed by atoms with van der Waals surface area (Å²) in [6.45, 7) is 0. The first-order chi connectivity index (χ1) is 10.7. The maximum atomic E-state index is 8.88. The number of benzene rings is 2. The Morgan fingerprint density at radius 1 is 1.00 bits per heavy atom. The van der Waals surface area contributed by atoms with Gasteiger partial charge >= 0.3 is 0 Å². The van der Waals surface area contributed by atoms with Gasteiger partial charge in [-0.15, -0.1) is 0 Å². The molecule has 2 aromatic carbocycles. The van der Waals surface area contributed by atoms with Crippen molar-refractivity contribution in [3.63, 3.8) is 0 Å². The van der Waals surface area contributed by atoms with Crippen molar-refractivity contribution in [1.29, 1.82) is 5.26 Å². The van der Waals surface area contributed by atoms with Crippen molar-refractivity contribution >= 4 is 5.70 Å². The van der Waals surface area contributed by atoms with Crippen molar-refractivity contribution < 1.29 is 9.47 Å². The van der Waals surface area contributed by atoms with Crippen molar-refractivity contribution in [1.82, 2.24) is 5.43 Å². The maximum absolute atomic E-state index is 8.88. The molecule has 0 aromatic heterocycles. The minimum atomic E-state index is 0.115. The number of hydrogen-bond donors (Lipinski definition) is 3. The van der Waals surface area contributed by atoms with Gasteiger partial charge in [0, 0.05) is 5.56 Å². The van der Waals surface area contributed by atoms with E-state index in [2.05, 4.69) is 5.43 Å². The summed E-state index contributed by atoms with van der Waals surface area (Å²) < 4.78 is 10.8. The van der Waals surface area contributed by atoms with Crippen LogP contribution in [0, 0.1) is 11.3 Å². The van der Waals surface area contributed by atoms with Crippen LogP contribution in [0.1, 0.15) is 5.56 Å². The number of allylic oxidation sites excluding steroid dienone is 1. The Morgan fingerprint density at radius 3 is 1.95 bits per heavy atom. The number of methoxy groups -OCH3 is 1. The van der Waals surface area contributed by atoms with E-state index in [1.165, 1.54) is 0 Å². The molecule has 0 bridgehead atoms. The Morgan fingerprint density at radius 2 is 1.50 bits per heavy atom. The number of nitriles is 1. The molecule has 0 aliphatic heterocycles. The summed E-state index contributed by atoms with van der Waals surface area (Å²) in [5, 5.41) is 8.88. The van der Waals surface area contributed by atoms with Crippen LogP contribution in [-0.2, 0) is 0 Å². The highest BCUT2D eigenvalue weighted by Crippen LogP contribution is 2.25. The molecule has 0 saturated carbocycles. The molecule has 0 heterocycles. The molecule has 0 aliphatic carbocycles. The lowest BCUT2D eigenvalue weighted by Crippen LogP contribution is -2.23. The summed E-state index contributed by atoms with van der Waals surface area (Å²) in [5.74, 6) is 7.34. The lowest BCUT2D eigenvalue weighted by molar-refractivity contribution is 0.413. The van der Waals surface area contributed by atoms with Crippen molar-refractivity contribution in [2.75, 3.05) is 7.11 Å². The van der Waals surface area contributed by atoms with E-state index in [0.29, 0.717) is 17.1 Å². The van der Waals surface area contributed by atoms with E-state index in [9.17, 15) is 0 Å². The molecule has 22 heavy (non-hydrogen) atoms. The SMILES string of the molecule is COc1ccc(Oc2ccc(/C(N)=C(\C#N)NN)cc2)cc1. The van der Waals surface area contributed by atoms with E-state index in [0.717, 1.165) is 5.75 Å². The van der Waals surface area contributed by atoms with E-state index in [-0.39, 0.29) is 11.4 Å². The Kier molecular flexibility index (Phi) is 4.85. The van der Waals surface area contributed by atoms with Gasteiger partial charge in [0.15, 0.2) is 5.70 Å². The fourth-order valence-electron chi connectivity index (χ4n) is 1.80. The highest BCUT2D eigenvalue weighted by Gasteiger charge is 2.05. The largest absolute Gasteiger partial charge is 0.497 e. The molecule has 0 spiro atoms. The van der Waals surface area contributed by atoms with Crippen LogP contribution in [-0.4, -0.2) is 7.11 Å². The molecular formula is C16H16N4O2. The number of hydrogen-bond acceptors (Lipinski definition) is 6. The average Bonchev–Trinajstić information content (AvgIpc) is 2.57. The molecule has 0 atom stereocenters. The van der Waals surface area contributed by atoms with Gasteiger partial charge in [0.2, 0.25) is 0 Å². The molecule has 0 aliphatic rings. The first kappa shape index (κ1) is 15.2. The third-order valence-electron chi connectivity index (χ3n) is 2.99. The first-order valence-electron chi connectivity index (χ1n) is 6.46. The van der Waals surface area contributed by atoms with Gasteiger partial charge in [0.25, 0.3) is 0 Å². The molecule has 0 radical (unpaired) electrons. The fraction of sp³-hybridized carbons (Fsp3) is 0.0625. The highest BCUT2D eigenvalue weighted by atomic mass is 16.5. The molecule has 0 fully saturated rings. The average molecular weight is 296 g/mol. The second kappa shape index (κ2) is 7.02. The summed E-state index contributed by atoms with van der Waals surface area (Å²) >= 11 is 0. The Hall–Kier alpha value is -3.17. The second-order valence-corrected chi connectivity index (χ2v) is 4.35. The Labute approximate surface area is 128 Å². The van der Waals surface area contributed by atoms with E-state index in [1.54, 1.807) is 31.4 Å². The van der Waals surface area contributed by atoms with Crippen LogP contribution < -0.4 is 26.5 Å². The van der Waals surface area contributed by atoms with Gasteiger partial charge in [-0.2, -0.15) is 5.26 Å². The van der Waals surface area contributed by atoms with Gasteiger partial charge < -0.3 is 20.6 Å². The fourth-order valence-corrected chi connectivity index (χ4v) is 1.80. The predicted octanol–water partition coefficient (Wildman–Crippen LogP) is 2.10. The van der Waals surface area contributed by atoms with Crippen LogP contribution in [0.4, 0.5) is 0 Å². The van der Waals surface area contributed by atoms with E-state index >= 15 is 0 Å². The van der Waals surface area contributed by atoms with Gasteiger partial charge in [0.05, 0.1) is 12.8 Å². The summed E-state index contributed by atoms with van der Waals surface area (Å²) in [7, 11) is 1.61. The van der Waals surface area contributed by atoms with Crippen LogP contribution in [0.25, 0.3) is 5.70 Å². The monoisotopic (exact) mass is 296 g/mol. The number of nitrogens with zero attached hydrogens (tertiary/aromatic N) is 1.